The smallest absolute Gasteiger partial charge is 0.156 e. The van der Waals surface area contributed by atoms with E-state index in [0.717, 1.165) is 11.3 Å². The van der Waals surface area contributed by atoms with Crippen LogP contribution in [0.3, 0.4) is 0 Å². The number of nitrogens with two attached hydrogens (primary N) is 1. The van der Waals surface area contributed by atoms with Crippen molar-refractivity contribution in [1.82, 2.24) is 4.90 Å². The van der Waals surface area contributed by atoms with Crippen LogP contribution in [0.4, 0.5) is 0 Å². The summed E-state index contributed by atoms with van der Waals surface area (Å²) < 4.78 is 5.28. The fourth-order valence-electron chi connectivity index (χ4n) is 1.55. The van der Waals surface area contributed by atoms with Crippen LogP contribution in [0, 0.1) is 0 Å². The predicted octanol–water partition coefficient (Wildman–Crippen LogP) is 1.26. The topological polar surface area (TPSA) is 71.1 Å². The highest BCUT2D eigenvalue weighted by Gasteiger charge is 2.15. The van der Waals surface area contributed by atoms with E-state index in [2.05, 4.69) is 5.16 Å². The molecular formula is C12H19N3O2. The Labute approximate surface area is 101 Å². The number of para-hydroxylation sites is 1. The van der Waals surface area contributed by atoms with E-state index in [9.17, 15) is 0 Å². The van der Waals surface area contributed by atoms with Gasteiger partial charge in [-0.15, -0.1) is 0 Å². The van der Waals surface area contributed by atoms with E-state index in [0.29, 0.717) is 6.54 Å². The van der Waals surface area contributed by atoms with Crippen LogP contribution in [0.1, 0.15) is 12.5 Å². The van der Waals surface area contributed by atoms with Crippen molar-refractivity contribution in [2.45, 2.75) is 19.5 Å². The number of ether oxygens (including phenoxy) is 1. The van der Waals surface area contributed by atoms with Gasteiger partial charge in [0.05, 0.1) is 13.2 Å². The first-order chi connectivity index (χ1) is 8.10. The van der Waals surface area contributed by atoms with Crippen molar-refractivity contribution in [3.63, 3.8) is 0 Å². The summed E-state index contributed by atoms with van der Waals surface area (Å²) in [6, 6.07) is 7.66. The fourth-order valence-corrected chi connectivity index (χ4v) is 1.55. The number of methoxy groups -OCH3 is 1. The zero-order valence-corrected chi connectivity index (χ0v) is 10.4. The summed E-state index contributed by atoms with van der Waals surface area (Å²) in [4.78, 5) is 1.98. The summed E-state index contributed by atoms with van der Waals surface area (Å²) in [7, 11) is 3.56. The molecule has 0 aliphatic carbocycles. The fraction of sp³-hybridized carbons (Fsp3) is 0.417. The maximum absolute atomic E-state index is 8.63. The zero-order chi connectivity index (χ0) is 12.8. The van der Waals surface area contributed by atoms with Gasteiger partial charge < -0.3 is 15.7 Å². The van der Waals surface area contributed by atoms with E-state index < -0.39 is 0 Å². The van der Waals surface area contributed by atoms with E-state index >= 15 is 0 Å². The van der Waals surface area contributed by atoms with E-state index in [1.54, 1.807) is 7.11 Å². The summed E-state index contributed by atoms with van der Waals surface area (Å²) in [5.74, 6) is 1.04. The lowest BCUT2D eigenvalue weighted by Crippen LogP contribution is -2.40. The third-order valence-electron chi connectivity index (χ3n) is 2.82. The molecule has 0 saturated carbocycles. The van der Waals surface area contributed by atoms with Gasteiger partial charge in [0.25, 0.3) is 0 Å². The Morgan fingerprint density at radius 3 is 2.76 bits per heavy atom. The van der Waals surface area contributed by atoms with Gasteiger partial charge in [-0.2, -0.15) is 0 Å². The van der Waals surface area contributed by atoms with Crippen molar-refractivity contribution in [2.75, 3.05) is 14.2 Å². The third-order valence-corrected chi connectivity index (χ3v) is 2.82. The first kappa shape index (κ1) is 13.3. The van der Waals surface area contributed by atoms with Crippen LogP contribution in [0.5, 0.6) is 5.75 Å². The molecule has 0 aliphatic rings. The van der Waals surface area contributed by atoms with Crippen molar-refractivity contribution >= 4 is 5.84 Å². The number of oxime groups is 1. The van der Waals surface area contributed by atoms with Crippen LogP contribution in [0.2, 0.25) is 0 Å². The van der Waals surface area contributed by atoms with Gasteiger partial charge in [0.1, 0.15) is 5.75 Å². The molecule has 1 rings (SSSR count). The van der Waals surface area contributed by atoms with Crippen LogP contribution in [0.15, 0.2) is 29.4 Å². The van der Waals surface area contributed by atoms with E-state index in [4.69, 9.17) is 15.7 Å². The van der Waals surface area contributed by atoms with Crippen molar-refractivity contribution in [3.8, 4) is 5.75 Å². The van der Waals surface area contributed by atoms with Crippen molar-refractivity contribution in [3.05, 3.63) is 29.8 Å². The Morgan fingerprint density at radius 2 is 2.18 bits per heavy atom. The monoisotopic (exact) mass is 237 g/mol. The summed E-state index contributed by atoms with van der Waals surface area (Å²) >= 11 is 0. The molecule has 1 aromatic carbocycles. The van der Waals surface area contributed by atoms with Crippen molar-refractivity contribution < 1.29 is 9.94 Å². The minimum Gasteiger partial charge on any atom is -0.496 e. The zero-order valence-electron chi connectivity index (χ0n) is 10.4. The maximum atomic E-state index is 8.63. The number of rotatable bonds is 5. The first-order valence-corrected chi connectivity index (χ1v) is 5.39. The lowest BCUT2D eigenvalue weighted by molar-refractivity contribution is 0.275. The molecule has 0 amide bonds. The molecule has 17 heavy (non-hydrogen) atoms. The summed E-state index contributed by atoms with van der Waals surface area (Å²) in [5.41, 5.74) is 6.63. The molecule has 1 unspecified atom stereocenters. The molecule has 0 bridgehead atoms. The van der Waals surface area contributed by atoms with Crippen molar-refractivity contribution in [1.29, 1.82) is 0 Å². The van der Waals surface area contributed by atoms with E-state index in [1.807, 2.05) is 43.1 Å². The van der Waals surface area contributed by atoms with Gasteiger partial charge >= 0.3 is 0 Å². The van der Waals surface area contributed by atoms with Gasteiger partial charge in [0.15, 0.2) is 5.84 Å². The molecule has 94 valence electrons. The largest absolute Gasteiger partial charge is 0.496 e. The SMILES string of the molecule is COc1ccccc1CN(C)C(C)C(N)=NO. The molecular weight excluding hydrogens is 218 g/mol. The third kappa shape index (κ3) is 3.35. The van der Waals surface area contributed by atoms with E-state index in [-0.39, 0.29) is 11.9 Å². The second-order valence-corrected chi connectivity index (χ2v) is 3.93. The standard InChI is InChI=1S/C12H19N3O2/c1-9(12(13)14-16)15(2)8-10-6-4-5-7-11(10)17-3/h4-7,9,16H,8H2,1-3H3,(H2,13,14). The lowest BCUT2D eigenvalue weighted by Gasteiger charge is -2.24. The molecule has 0 fully saturated rings. The molecule has 0 heterocycles. The Morgan fingerprint density at radius 1 is 1.53 bits per heavy atom. The Balaban J connectivity index is 2.77. The number of hydrogen-bond acceptors (Lipinski definition) is 4. The van der Waals surface area contributed by atoms with Gasteiger partial charge in [0, 0.05) is 12.1 Å². The molecule has 3 N–H and O–H groups in total. The molecule has 0 aliphatic heterocycles. The Hall–Kier alpha value is -1.75. The normalized spacial score (nSPS) is 13.8. The molecule has 5 nitrogen and oxygen atoms in total. The second kappa shape index (κ2) is 6.10. The highest BCUT2D eigenvalue weighted by molar-refractivity contribution is 5.84. The Bertz CT molecular complexity index is 393. The highest BCUT2D eigenvalue weighted by atomic mass is 16.5. The lowest BCUT2D eigenvalue weighted by atomic mass is 10.1. The van der Waals surface area contributed by atoms with E-state index in [1.165, 1.54) is 0 Å². The second-order valence-electron chi connectivity index (χ2n) is 3.93. The summed E-state index contributed by atoms with van der Waals surface area (Å²) in [6.45, 7) is 2.55. The quantitative estimate of drug-likeness (QED) is 0.350. The van der Waals surface area contributed by atoms with Gasteiger partial charge in [0.2, 0.25) is 0 Å². The molecule has 0 radical (unpaired) electrons. The Kier molecular flexibility index (Phi) is 4.78. The number of amidine groups is 1. The van der Waals surface area contributed by atoms with Gasteiger partial charge in [-0.25, -0.2) is 0 Å². The predicted molar refractivity (Wildman–Crippen MR) is 67.3 cm³/mol. The minimum atomic E-state index is -0.134. The van der Waals surface area contributed by atoms with Crippen molar-refractivity contribution in [2.24, 2.45) is 10.9 Å². The average molecular weight is 237 g/mol. The number of benzene rings is 1. The molecule has 0 aromatic heterocycles. The van der Waals surface area contributed by atoms with Gasteiger partial charge in [-0.1, -0.05) is 23.4 Å². The molecule has 5 heteroatoms. The molecule has 1 aromatic rings. The van der Waals surface area contributed by atoms with Gasteiger partial charge in [-0.05, 0) is 20.0 Å². The molecule has 0 spiro atoms. The van der Waals surface area contributed by atoms with Crippen LogP contribution < -0.4 is 10.5 Å². The molecule has 1 atom stereocenters. The van der Waals surface area contributed by atoms with Crippen LogP contribution in [-0.4, -0.2) is 36.1 Å². The number of nitrogens with zero attached hydrogens (tertiary/aromatic N) is 2. The average Bonchev–Trinajstić information content (AvgIpc) is 2.37. The summed E-state index contributed by atoms with van der Waals surface area (Å²) in [6.07, 6.45) is 0. The molecule has 0 saturated heterocycles. The van der Waals surface area contributed by atoms with Gasteiger partial charge in [-0.3, -0.25) is 4.90 Å². The first-order valence-electron chi connectivity index (χ1n) is 5.39. The van der Waals surface area contributed by atoms with Crippen LogP contribution in [0.25, 0.3) is 0 Å². The van der Waals surface area contributed by atoms with Crippen LogP contribution >= 0.6 is 0 Å². The minimum absolute atomic E-state index is 0.134. The summed E-state index contributed by atoms with van der Waals surface area (Å²) in [5, 5.41) is 11.6. The number of hydrogen-bond donors (Lipinski definition) is 2. The maximum Gasteiger partial charge on any atom is 0.156 e. The highest BCUT2D eigenvalue weighted by Crippen LogP contribution is 2.19. The number of likely N-dealkylation sites (N-methyl/N-ethyl adjacent to an activating group) is 1. The van der Waals surface area contributed by atoms with Crippen LogP contribution in [-0.2, 0) is 6.54 Å².